The van der Waals surface area contributed by atoms with Crippen LogP contribution in [0.5, 0.6) is 0 Å². The lowest BCUT2D eigenvalue weighted by molar-refractivity contribution is 1.07. The summed E-state index contributed by atoms with van der Waals surface area (Å²) < 4.78 is 0. The summed E-state index contributed by atoms with van der Waals surface area (Å²) in [5, 5.41) is 2.13. The molecule has 2 aromatic carbocycles. The first kappa shape index (κ1) is 13.6. The molecule has 0 bridgehead atoms. The van der Waals surface area contributed by atoms with E-state index >= 15 is 0 Å². The van der Waals surface area contributed by atoms with E-state index < -0.39 is 0 Å². The molecule has 1 heterocycles. The van der Waals surface area contributed by atoms with Gasteiger partial charge >= 0.3 is 0 Å². The second-order valence-electron chi connectivity index (χ2n) is 4.26. The Balaban J connectivity index is 2.38. The van der Waals surface area contributed by atoms with E-state index in [4.69, 9.17) is 34.8 Å². The minimum atomic E-state index is 0.246. The minimum absolute atomic E-state index is 0.246. The molecule has 3 rings (SSSR count). The zero-order valence-electron chi connectivity index (χ0n) is 10.3. The maximum Gasteiger partial charge on any atom is 0.144 e. The summed E-state index contributed by atoms with van der Waals surface area (Å²) in [6.07, 6.45) is 0. The summed E-state index contributed by atoms with van der Waals surface area (Å²) in [6.45, 7) is 0. The molecule has 0 saturated heterocycles. The summed E-state index contributed by atoms with van der Waals surface area (Å²) in [7, 11) is 0. The van der Waals surface area contributed by atoms with Gasteiger partial charge in [-0.05, 0) is 24.3 Å². The molecule has 0 aliphatic carbocycles. The Morgan fingerprint density at radius 2 is 1.75 bits per heavy atom. The van der Waals surface area contributed by atoms with Crippen molar-refractivity contribution in [2.45, 2.75) is 5.88 Å². The first-order valence-corrected chi connectivity index (χ1v) is 7.25. The van der Waals surface area contributed by atoms with Crippen molar-refractivity contribution >= 4 is 45.7 Å². The van der Waals surface area contributed by atoms with Gasteiger partial charge in [0.15, 0.2) is 0 Å². The fourth-order valence-corrected chi connectivity index (χ4v) is 2.58. The average Bonchev–Trinajstić information content (AvgIpc) is 2.47. The molecule has 3 aromatic rings. The Bertz CT molecular complexity index is 787. The highest BCUT2D eigenvalue weighted by Crippen LogP contribution is 2.32. The van der Waals surface area contributed by atoms with Crippen molar-refractivity contribution in [3.05, 3.63) is 58.3 Å². The van der Waals surface area contributed by atoms with Crippen molar-refractivity contribution in [1.29, 1.82) is 0 Å². The standard InChI is InChI=1S/C15H9Cl3N2/c16-8-14-19-13-6-5-9(17)7-11(13)15(20-14)10-3-1-2-4-12(10)18/h1-7H,8H2. The van der Waals surface area contributed by atoms with E-state index in [1.165, 1.54) is 0 Å². The first-order valence-electron chi connectivity index (χ1n) is 5.96. The molecule has 0 saturated carbocycles. The van der Waals surface area contributed by atoms with Crippen LogP contribution in [0, 0.1) is 0 Å². The Kier molecular flexibility index (Phi) is 3.79. The SMILES string of the molecule is ClCc1nc(-c2ccccc2Cl)c2cc(Cl)ccc2n1. The normalized spacial score (nSPS) is 10.9. The smallest absolute Gasteiger partial charge is 0.144 e. The van der Waals surface area contributed by atoms with Crippen molar-refractivity contribution < 1.29 is 0 Å². The van der Waals surface area contributed by atoms with Crippen LogP contribution in [0.4, 0.5) is 0 Å². The van der Waals surface area contributed by atoms with Crippen LogP contribution in [-0.4, -0.2) is 9.97 Å². The maximum absolute atomic E-state index is 6.27. The number of rotatable bonds is 2. The summed E-state index contributed by atoms with van der Waals surface area (Å²) in [5.41, 5.74) is 2.39. The maximum atomic E-state index is 6.27. The van der Waals surface area contributed by atoms with Crippen LogP contribution in [0.25, 0.3) is 22.2 Å². The second-order valence-corrected chi connectivity index (χ2v) is 5.37. The van der Waals surface area contributed by atoms with Crippen LogP contribution in [0.2, 0.25) is 10.0 Å². The topological polar surface area (TPSA) is 25.8 Å². The third-order valence-electron chi connectivity index (χ3n) is 2.95. The quantitative estimate of drug-likeness (QED) is 0.595. The van der Waals surface area contributed by atoms with Crippen molar-refractivity contribution in [3.8, 4) is 11.3 Å². The molecular weight excluding hydrogens is 315 g/mol. The van der Waals surface area contributed by atoms with Crippen LogP contribution in [-0.2, 0) is 5.88 Å². The molecule has 0 aliphatic heterocycles. The number of benzene rings is 2. The lowest BCUT2D eigenvalue weighted by atomic mass is 10.1. The Morgan fingerprint density at radius 3 is 2.50 bits per heavy atom. The Hall–Kier alpha value is -1.35. The fraction of sp³-hybridized carbons (Fsp3) is 0.0667. The molecule has 0 amide bonds. The van der Waals surface area contributed by atoms with Crippen LogP contribution in [0.3, 0.4) is 0 Å². The minimum Gasteiger partial charge on any atom is -0.232 e. The second kappa shape index (κ2) is 5.57. The number of fused-ring (bicyclic) bond motifs is 1. The molecule has 0 spiro atoms. The van der Waals surface area contributed by atoms with E-state index in [-0.39, 0.29) is 5.88 Å². The van der Waals surface area contributed by atoms with Crippen LogP contribution in [0.15, 0.2) is 42.5 Å². The van der Waals surface area contributed by atoms with Gasteiger partial charge in [-0.15, -0.1) is 11.6 Å². The van der Waals surface area contributed by atoms with E-state index in [2.05, 4.69) is 9.97 Å². The Morgan fingerprint density at radius 1 is 0.950 bits per heavy atom. The van der Waals surface area contributed by atoms with E-state index in [0.29, 0.717) is 15.9 Å². The summed E-state index contributed by atoms with van der Waals surface area (Å²) >= 11 is 18.2. The van der Waals surface area contributed by atoms with Crippen LogP contribution >= 0.6 is 34.8 Å². The molecule has 1 aromatic heterocycles. The number of alkyl halides is 1. The van der Waals surface area contributed by atoms with Gasteiger partial charge in [0.2, 0.25) is 0 Å². The van der Waals surface area contributed by atoms with E-state index in [1.807, 2.05) is 36.4 Å². The van der Waals surface area contributed by atoms with Crippen LogP contribution in [0.1, 0.15) is 5.82 Å². The highest BCUT2D eigenvalue weighted by atomic mass is 35.5. The van der Waals surface area contributed by atoms with Crippen molar-refractivity contribution in [1.82, 2.24) is 9.97 Å². The molecule has 0 radical (unpaired) electrons. The predicted octanol–water partition coefficient (Wildman–Crippen LogP) is 5.34. The van der Waals surface area contributed by atoms with Gasteiger partial charge in [-0.2, -0.15) is 0 Å². The van der Waals surface area contributed by atoms with E-state index in [0.717, 1.165) is 22.2 Å². The molecule has 0 fully saturated rings. The zero-order valence-corrected chi connectivity index (χ0v) is 12.5. The molecule has 5 heteroatoms. The van der Waals surface area contributed by atoms with Gasteiger partial charge in [-0.1, -0.05) is 41.4 Å². The number of hydrogen-bond donors (Lipinski definition) is 0. The molecule has 100 valence electrons. The lowest BCUT2D eigenvalue weighted by Crippen LogP contribution is -1.97. The van der Waals surface area contributed by atoms with Gasteiger partial charge in [0.25, 0.3) is 0 Å². The fourth-order valence-electron chi connectivity index (χ4n) is 2.07. The van der Waals surface area contributed by atoms with E-state index in [1.54, 1.807) is 6.07 Å². The summed E-state index contributed by atoms with van der Waals surface area (Å²) in [4.78, 5) is 8.91. The van der Waals surface area contributed by atoms with Gasteiger partial charge in [0.1, 0.15) is 5.82 Å². The molecule has 0 N–H and O–H groups in total. The highest BCUT2D eigenvalue weighted by molar-refractivity contribution is 6.34. The van der Waals surface area contributed by atoms with Gasteiger partial charge in [-0.25, -0.2) is 9.97 Å². The van der Waals surface area contributed by atoms with Gasteiger partial charge in [-0.3, -0.25) is 0 Å². The molecule has 0 atom stereocenters. The van der Waals surface area contributed by atoms with Crippen molar-refractivity contribution in [3.63, 3.8) is 0 Å². The number of halogens is 3. The molecule has 2 nitrogen and oxygen atoms in total. The molecule has 0 unspecified atom stereocenters. The number of hydrogen-bond acceptors (Lipinski definition) is 2. The Labute approximate surface area is 131 Å². The summed E-state index contributed by atoms with van der Waals surface area (Å²) in [5.74, 6) is 0.812. The average molecular weight is 324 g/mol. The van der Waals surface area contributed by atoms with Gasteiger partial charge in [0, 0.05) is 21.0 Å². The first-order chi connectivity index (χ1) is 9.69. The predicted molar refractivity (Wildman–Crippen MR) is 84.6 cm³/mol. The largest absolute Gasteiger partial charge is 0.232 e. The van der Waals surface area contributed by atoms with Crippen molar-refractivity contribution in [2.75, 3.05) is 0 Å². The molecule has 20 heavy (non-hydrogen) atoms. The number of nitrogens with zero attached hydrogens (tertiary/aromatic N) is 2. The highest BCUT2D eigenvalue weighted by Gasteiger charge is 2.12. The van der Waals surface area contributed by atoms with Gasteiger partial charge < -0.3 is 0 Å². The third kappa shape index (κ3) is 2.47. The number of aromatic nitrogens is 2. The van der Waals surface area contributed by atoms with Crippen molar-refractivity contribution in [2.24, 2.45) is 0 Å². The van der Waals surface area contributed by atoms with Crippen LogP contribution < -0.4 is 0 Å². The lowest BCUT2D eigenvalue weighted by Gasteiger charge is -2.09. The molecule has 0 aliphatic rings. The van der Waals surface area contributed by atoms with E-state index in [9.17, 15) is 0 Å². The van der Waals surface area contributed by atoms with Gasteiger partial charge in [0.05, 0.1) is 17.1 Å². The zero-order chi connectivity index (χ0) is 14.1. The summed E-state index contributed by atoms with van der Waals surface area (Å²) in [6, 6.07) is 13.0. The molecular formula is C15H9Cl3N2. The third-order valence-corrected chi connectivity index (χ3v) is 3.76. The monoisotopic (exact) mass is 322 g/mol.